The summed E-state index contributed by atoms with van der Waals surface area (Å²) in [7, 11) is 0. The largest absolute Gasteiger partial charge is 0.442 e. The fourth-order valence-corrected chi connectivity index (χ4v) is 1.84. The lowest BCUT2D eigenvalue weighted by Gasteiger charge is -2.10. The van der Waals surface area contributed by atoms with E-state index in [0.29, 0.717) is 0 Å². The molecule has 0 aliphatic heterocycles. The van der Waals surface area contributed by atoms with Gasteiger partial charge in [-0.2, -0.15) is 22.5 Å². The van der Waals surface area contributed by atoms with E-state index in [1.54, 1.807) is 0 Å². The highest BCUT2D eigenvalue weighted by Crippen LogP contribution is 2.39. The zero-order valence-corrected chi connectivity index (χ0v) is 11.3. The molecule has 0 atom stereocenters. The minimum absolute atomic E-state index is 0.0341. The molecule has 0 saturated heterocycles. The monoisotopic (exact) mass is 366 g/mol. The van der Waals surface area contributed by atoms with E-state index in [9.17, 15) is 27.7 Å². The number of hydrogen-bond acceptors (Lipinski definition) is 4. The Kier molecular flexibility index (Phi) is 4.07. The summed E-state index contributed by atoms with van der Waals surface area (Å²) in [6.45, 7) is 0. The van der Waals surface area contributed by atoms with Gasteiger partial charge in [0.05, 0.1) is 9.40 Å². The first-order chi connectivity index (χ1) is 9.82. The van der Waals surface area contributed by atoms with Crippen LogP contribution in [0.3, 0.4) is 0 Å². The maximum Gasteiger partial charge on any atom is 0.312 e. The van der Waals surface area contributed by atoms with Crippen LogP contribution in [-0.2, 0) is 0 Å². The highest BCUT2D eigenvalue weighted by molar-refractivity contribution is 9.10. The fourth-order valence-electron chi connectivity index (χ4n) is 1.40. The van der Waals surface area contributed by atoms with E-state index in [2.05, 4.69) is 25.7 Å². The third-order valence-corrected chi connectivity index (χ3v) is 2.93. The molecule has 21 heavy (non-hydrogen) atoms. The van der Waals surface area contributed by atoms with Crippen molar-refractivity contribution in [3.63, 3.8) is 0 Å². The van der Waals surface area contributed by atoms with Crippen LogP contribution in [-0.4, -0.2) is 9.91 Å². The summed E-state index contributed by atoms with van der Waals surface area (Å²) < 4.78 is 57.4. The van der Waals surface area contributed by atoms with Crippen molar-refractivity contribution in [1.82, 2.24) is 4.98 Å². The van der Waals surface area contributed by atoms with Crippen LogP contribution in [0.25, 0.3) is 0 Å². The molecule has 0 spiro atoms. The summed E-state index contributed by atoms with van der Waals surface area (Å²) in [6.07, 6.45) is 0. The quantitative estimate of drug-likeness (QED) is 0.355. The molecule has 0 N–H and O–H groups in total. The standard InChI is InChI=1S/C11H3BrF4N2O3/c12-4-2-1-3-5(18(19)20)8(4)21-9-6(13)10(15)17-11(16)7(9)14/h1-3H. The highest BCUT2D eigenvalue weighted by atomic mass is 79.9. The van der Waals surface area contributed by atoms with Crippen LogP contribution < -0.4 is 4.74 Å². The first-order valence-corrected chi connectivity index (χ1v) is 5.93. The normalized spacial score (nSPS) is 10.5. The molecule has 2 rings (SSSR count). The molecule has 0 unspecified atom stereocenters. The Hall–Kier alpha value is -2.23. The maximum atomic E-state index is 13.4. The zero-order chi connectivity index (χ0) is 15.7. The van der Waals surface area contributed by atoms with Gasteiger partial charge in [-0.05, 0) is 22.0 Å². The molecular formula is C11H3BrF4N2O3. The number of nitro benzene ring substituents is 1. The average molecular weight is 367 g/mol. The molecule has 10 heteroatoms. The summed E-state index contributed by atoms with van der Waals surface area (Å²) in [6, 6.07) is 3.55. The Bertz CT molecular complexity index is 716. The SMILES string of the molecule is O=[N+]([O-])c1cccc(Br)c1Oc1c(F)c(F)nc(F)c1F. The van der Waals surface area contributed by atoms with Gasteiger partial charge in [-0.25, -0.2) is 0 Å². The average Bonchev–Trinajstić information content (AvgIpc) is 2.42. The first-order valence-electron chi connectivity index (χ1n) is 5.13. The number of ether oxygens (including phenoxy) is 1. The molecule has 0 bridgehead atoms. The second-order valence-corrected chi connectivity index (χ2v) is 4.45. The van der Waals surface area contributed by atoms with E-state index in [0.717, 1.165) is 6.07 Å². The van der Waals surface area contributed by atoms with Crippen molar-refractivity contribution in [2.24, 2.45) is 0 Å². The number of para-hydroxylation sites is 1. The van der Waals surface area contributed by atoms with E-state index in [1.165, 1.54) is 12.1 Å². The third-order valence-electron chi connectivity index (χ3n) is 2.30. The van der Waals surface area contributed by atoms with Crippen LogP contribution in [0.4, 0.5) is 23.2 Å². The number of pyridine rings is 1. The molecule has 110 valence electrons. The number of halogens is 5. The summed E-state index contributed by atoms with van der Waals surface area (Å²) in [5.41, 5.74) is -0.652. The van der Waals surface area contributed by atoms with Crippen molar-refractivity contribution in [3.05, 3.63) is 56.3 Å². The molecule has 0 fully saturated rings. The molecule has 0 amide bonds. The lowest BCUT2D eigenvalue weighted by molar-refractivity contribution is -0.385. The van der Waals surface area contributed by atoms with Gasteiger partial charge in [0.1, 0.15) is 0 Å². The molecule has 0 aliphatic rings. The predicted octanol–water partition coefficient (Wildman–Crippen LogP) is 4.10. The smallest absolute Gasteiger partial charge is 0.312 e. The Morgan fingerprint density at radius 1 is 1.10 bits per heavy atom. The molecule has 1 aromatic heterocycles. The van der Waals surface area contributed by atoms with Gasteiger partial charge in [0.25, 0.3) is 11.9 Å². The molecule has 0 aliphatic carbocycles. The summed E-state index contributed by atoms with van der Waals surface area (Å²) in [5.74, 6) is -9.74. The highest BCUT2D eigenvalue weighted by Gasteiger charge is 2.27. The zero-order valence-electron chi connectivity index (χ0n) is 9.74. The molecule has 1 heterocycles. The fraction of sp³-hybridized carbons (Fsp3) is 0. The van der Waals surface area contributed by atoms with Gasteiger partial charge in [-0.1, -0.05) is 6.07 Å². The molecule has 0 radical (unpaired) electrons. The molecule has 1 aromatic carbocycles. The van der Waals surface area contributed by atoms with E-state index >= 15 is 0 Å². The van der Waals surface area contributed by atoms with Gasteiger partial charge >= 0.3 is 5.69 Å². The Labute approximate surface area is 122 Å². The lowest BCUT2D eigenvalue weighted by Crippen LogP contribution is -2.04. The number of rotatable bonds is 3. The van der Waals surface area contributed by atoms with Crippen LogP contribution in [0.2, 0.25) is 0 Å². The van der Waals surface area contributed by atoms with E-state index in [1.807, 2.05) is 0 Å². The van der Waals surface area contributed by atoms with E-state index < -0.39 is 45.6 Å². The second kappa shape index (κ2) is 5.64. The maximum absolute atomic E-state index is 13.4. The number of hydrogen-bond donors (Lipinski definition) is 0. The van der Waals surface area contributed by atoms with Gasteiger partial charge in [-0.3, -0.25) is 10.1 Å². The molecule has 5 nitrogen and oxygen atoms in total. The lowest BCUT2D eigenvalue weighted by atomic mass is 10.3. The third kappa shape index (κ3) is 2.79. The van der Waals surface area contributed by atoms with Gasteiger partial charge in [0, 0.05) is 6.07 Å². The number of nitrogens with zero attached hydrogens (tertiary/aromatic N) is 2. The van der Waals surface area contributed by atoms with Crippen LogP contribution >= 0.6 is 15.9 Å². The number of nitro groups is 1. The first kappa shape index (κ1) is 15.2. The van der Waals surface area contributed by atoms with Gasteiger partial charge < -0.3 is 4.74 Å². The van der Waals surface area contributed by atoms with Crippen molar-refractivity contribution in [3.8, 4) is 11.5 Å². The molecule has 2 aromatic rings. The Morgan fingerprint density at radius 3 is 2.19 bits per heavy atom. The van der Waals surface area contributed by atoms with E-state index in [-0.39, 0.29) is 4.47 Å². The topological polar surface area (TPSA) is 65.3 Å². The van der Waals surface area contributed by atoms with Crippen molar-refractivity contribution in [1.29, 1.82) is 0 Å². The van der Waals surface area contributed by atoms with Crippen LogP contribution in [0, 0.1) is 33.6 Å². The number of aromatic nitrogens is 1. The van der Waals surface area contributed by atoms with Crippen molar-refractivity contribution in [2.75, 3.05) is 0 Å². The van der Waals surface area contributed by atoms with Crippen LogP contribution in [0.1, 0.15) is 0 Å². The number of benzene rings is 1. The predicted molar refractivity (Wildman–Crippen MR) is 64.9 cm³/mol. The van der Waals surface area contributed by atoms with Gasteiger partial charge in [0.15, 0.2) is 0 Å². The van der Waals surface area contributed by atoms with E-state index in [4.69, 9.17) is 0 Å². The van der Waals surface area contributed by atoms with Gasteiger partial charge in [0.2, 0.25) is 23.1 Å². The Morgan fingerprint density at radius 2 is 1.67 bits per heavy atom. The van der Waals surface area contributed by atoms with Crippen LogP contribution in [0.5, 0.6) is 11.5 Å². The molecular weight excluding hydrogens is 364 g/mol. The Balaban J connectivity index is 2.61. The summed E-state index contributed by atoms with van der Waals surface area (Å²) in [4.78, 5) is 12.3. The second-order valence-electron chi connectivity index (χ2n) is 3.60. The summed E-state index contributed by atoms with van der Waals surface area (Å²) >= 11 is 2.88. The minimum atomic E-state index is -1.93. The van der Waals surface area contributed by atoms with Crippen molar-refractivity contribution in [2.45, 2.75) is 0 Å². The van der Waals surface area contributed by atoms with Crippen LogP contribution in [0.15, 0.2) is 22.7 Å². The van der Waals surface area contributed by atoms with Gasteiger partial charge in [-0.15, -0.1) is 0 Å². The minimum Gasteiger partial charge on any atom is -0.442 e. The molecule has 0 saturated carbocycles. The summed E-state index contributed by atoms with van der Waals surface area (Å²) in [5, 5.41) is 10.8. The van der Waals surface area contributed by atoms with Crippen molar-refractivity contribution < 1.29 is 27.2 Å². The van der Waals surface area contributed by atoms with Crippen molar-refractivity contribution >= 4 is 21.6 Å².